The van der Waals surface area contributed by atoms with Gasteiger partial charge in [0.15, 0.2) is 5.96 Å². The van der Waals surface area contributed by atoms with Crippen LogP contribution < -0.4 is 15.5 Å². The average molecular weight is 515 g/mol. The molecule has 1 aliphatic heterocycles. The highest BCUT2D eigenvalue weighted by molar-refractivity contribution is 14.0. The van der Waals surface area contributed by atoms with Crippen LogP contribution in [-0.2, 0) is 11.3 Å². The molecule has 1 saturated heterocycles. The lowest BCUT2D eigenvalue weighted by molar-refractivity contribution is 0.0529. The van der Waals surface area contributed by atoms with E-state index in [2.05, 4.69) is 58.4 Å². The molecule has 1 aromatic heterocycles. The fraction of sp³-hybridized carbons (Fsp3) is 0.727. The number of rotatable bonds is 5. The van der Waals surface area contributed by atoms with Crippen LogP contribution in [-0.4, -0.2) is 49.8 Å². The minimum atomic E-state index is 0. The van der Waals surface area contributed by atoms with Gasteiger partial charge in [0.1, 0.15) is 5.82 Å². The first-order valence-corrected chi connectivity index (χ1v) is 10.8. The second kappa shape index (κ2) is 11.9. The molecule has 1 aromatic rings. The molecular formula is C22H38IN5O. The van der Waals surface area contributed by atoms with Crippen molar-refractivity contribution in [1.29, 1.82) is 0 Å². The normalized spacial score (nSPS) is 25.5. The molecule has 0 amide bonds. The Morgan fingerprint density at radius 2 is 2.03 bits per heavy atom. The van der Waals surface area contributed by atoms with Gasteiger partial charge in [-0.1, -0.05) is 19.9 Å². The Balaban J connectivity index is 0.00000300. The van der Waals surface area contributed by atoms with Crippen molar-refractivity contribution in [2.24, 2.45) is 16.8 Å². The van der Waals surface area contributed by atoms with Crippen LogP contribution in [0.3, 0.4) is 0 Å². The van der Waals surface area contributed by atoms with Gasteiger partial charge in [0.05, 0.1) is 12.7 Å². The highest BCUT2D eigenvalue weighted by Gasteiger charge is 2.23. The smallest absolute Gasteiger partial charge is 0.191 e. The third-order valence-corrected chi connectivity index (χ3v) is 6.11. The Labute approximate surface area is 193 Å². The zero-order chi connectivity index (χ0) is 19.9. The van der Waals surface area contributed by atoms with E-state index in [0.717, 1.165) is 55.4 Å². The second-order valence-electron chi connectivity index (χ2n) is 8.58. The van der Waals surface area contributed by atoms with Crippen molar-refractivity contribution in [3.05, 3.63) is 23.9 Å². The van der Waals surface area contributed by atoms with Gasteiger partial charge in [-0.3, -0.25) is 4.99 Å². The van der Waals surface area contributed by atoms with Crippen LogP contribution in [0.25, 0.3) is 0 Å². The molecule has 0 radical (unpaired) electrons. The number of anilines is 1. The maximum absolute atomic E-state index is 5.61. The molecule has 1 saturated carbocycles. The van der Waals surface area contributed by atoms with Gasteiger partial charge in [0.2, 0.25) is 0 Å². The Kier molecular flexibility index (Phi) is 9.95. The van der Waals surface area contributed by atoms with Gasteiger partial charge < -0.3 is 20.3 Å². The van der Waals surface area contributed by atoms with E-state index in [9.17, 15) is 0 Å². The van der Waals surface area contributed by atoms with Gasteiger partial charge in [0, 0.05) is 38.9 Å². The number of morpholine rings is 1. The number of aliphatic imine (C=N–C) groups is 1. The van der Waals surface area contributed by atoms with E-state index in [1.807, 2.05) is 13.2 Å². The molecule has 2 fully saturated rings. The van der Waals surface area contributed by atoms with Crippen molar-refractivity contribution < 1.29 is 4.74 Å². The molecule has 29 heavy (non-hydrogen) atoms. The Morgan fingerprint density at radius 1 is 1.28 bits per heavy atom. The van der Waals surface area contributed by atoms with Gasteiger partial charge in [-0.15, -0.1) is 24.0 Å². The summed E-state index contributed by atoms with van der Waals surface area (Å²) in [7, 11) is 1.84. The van der Waals surface area contributed by atoms with Crippen LogP contribution >= 0.6 is 24.0 Å². The van der Waals surface area contributed by atoms with Crippen LogP contribution in [0.5, 0.6) is 0 Å². The first-order chi connectivity index (χ1) is 13.5. The van der Waals surface area contributed by atoms with Crippen LogP contribution in [0, 0.1) is 11.8 Å². The summed E-state index contributed by atoms with van der Waals surface area (Å²) in [6.07, 6.45) is 7.33. The summed E-state index contributed by atoms with van der Waals surface area (Å²) < 4.78 is 5.61. The zero-order valence-corrected chi connectivity index (χ0v) is 20.7. The molecule has 2 aliphatic rings. The van der Waals surface area contributed by atoms with Crippen molar-refractivity contribution in [3.63, 3.8) is 0 Å². The van der Waals surface area contributed by atoms with E-state index in [1.165, 1.54) is 25.7 Å². The second-order valence-corrected chi connectivity index (χ2v) is 8.58. The summed E-state index contributed by atoms with van der Waals surface area (Å²) in [6.45, 7) is 10.1. The number of hydrogen-bond acceptors (Lipinski definition) is 4. The number of aromatic nitrogens is 1. The molecule has 1 aliphatic carbocycles. The van der Waals surface area contributed by atoms with E-state index in [0.29, 0.717) is 6.04 Å². The van der Waals surface area contributed by atoms with Gasteiger partial charge in [-0.05, 0) is 56.1 Å². The monoisotopic (exact) mass is 515 g/mol. The standard InChI is InChI=1S/C22H37N5O.HI/c1-16(2)19-6-8-20(9-7-19)26-22(23-4)25-14-18-5-10-21(24-13-18)27-11-12-28-17(3)15-27;/h5,10,13,16-17,19-20H,6-9,11-12,14-15H2,1-4H3,(H2,23,25,26);1H. The molecule has 2 N–H and O–H groups in total. The van der Waals surface area contributed by atoms with E-state index in [4.69, 9.17) is 4.74 Å². The molecule has 164 valence electrons. The zero-order valence-electron chi connectivity index (χ0n) is 18.4. The summed E-state index contributed by atoms with van der Waals surface area (Å²) >= 11 is 0. The number of pyridine rings is 1. The Bertz CT molecular complexity index is 629. The molecule has 0 bridgehead atoms. The quantitative estimate of drug-likeness (QED) is 0.355. The number of nitrogens with one attached hydrogen (secondary N) is 2. The summed E-state index contributed by atoms with van der Waals surface area (Å²) in [5.74, 6) is 3.60. The number of guanidine groups is 1. The third-order valence-electron chi connectivity index (χ3n) is 6.11. The van der Waals surface area contributed by atoms with E-state index < -0.39 is 0 Å². The molecule has 1 unspecified atom stereocenters. The lowest BCUT2D eigenvalue weighted by atomic mass is 9.80. The molecule has 0 spiro atoms. The third kappa shape index (κ3) is 7.27. The van der Waals surface area contributed by atoms with Gasteiger partial charge in [-0.2, -0.15) is 0 Å². The predicted molar refractivity (Wildman–Crippen MR) is 131 cm³/mol. The number of ether oxygens (including phenoxy) is 1. The SMILES string of the molecule is CN=C(NCc1ccc(N2CCOC(C)C2)nc1)NC1CCC(C(C)C)CC1.I. The maximum atomic E-state index is 5.61. The minimum Gasteiger partial charge on any atom is -0.375 e. The highest BCUT2D eigenvalue weighted by atomic mass is 127. The molecule has 2 heterocycles. The van der Waals surface area contributed by atoms with Gasteiger partial charge >= 0.3 is 0 Å². The van der Waals surface area contributed by atoms with Crippen molar-refractivity contribution in [2.45, 2.75) is 65.1 Å². The van der Waals surface area contributed by atoms with Crippen molar-refractivity contribution in [3.8, 4) is 0 Å². The first kappa shape index (κ1) is 24.2. The van der Waals surface area contributed by atoms with Crippen molar-refractivity contribution >= 4 is 35.8 Å². The Hall–Kier alpha value is -1.09. The molecule has 6 nitrogen and oxygen atoms in total. The number of halogens is 1. The van der Waals surface area contributed by atoms with E-state index in [1.54, 1.807) is 0 Å². The highest BCUT2D eigenvalue weighted by Crippen LogP contribution is 2.29. The van der Waals surface area contributed by atoms with Crippen LogP contribution in [0.15, 0.2) is 23.3 Å². The summed E-state index contributed by atoms with van der Waals surface area (Å²) in [5, 5.41) is 7.04. The maximum Gasteiger partial charge on any atom is 0.191 e. The molecular weight excluding hydrogens is 477 g/mol. The fourth-order valence-electron chi connectivity index (χ4n) is 4.24. The summed E-state index contributed by atoms with van der Waals surface area (Å²) in [4.78, 5) is 11.3. The predicted octanol–water partition coefficient (Wildman–Crippen LogP) is 3.80. The largest absolute Gasteiger partial charge is 0.375 e. The molecule has 3 rings (SSSR count). The van der Waals surface area contributed by atoms with Crippen LogP contribution in [0.4, 0.5) is 5.82 Å². The average Bonchev–Trinajstić information content (AvgIpc) is 2.72. The molecule has 1 atom stereocenters. The molecule has 0 aromatic carbocycles. The molecule has 7 heteroatoms. The minimum absolute atomic E-state index is 0. The Morgan fingerprint density at radius 3 is 2.62 bits per heavy atom. The number of hydrogen-bond donors (Lipinski definition) is 2. The topological polar surface area (TPSA) is 61.8 Å². The van der Waals surface area contributed by atoms with Crippen molar-refractivity contribution in [2.75, 3.05) is 31.6 Å². The first-order valence-electron chi connectivity index (χ1n) is 10.8. The lowest BCUT2D eigenvalue weighted by Gasteiger charge is -2.32. The fourth-order valence-corrected chi connectivity index (χ4v) is 4.24. The van der Waals surface area contributed by atoms with Gasteiger partial charge in [-0.25, -0.2) is 4.98 Å². The van der Waals surface area contributed by atoms with Gasteiger partial charge in [0.25, 0.3) is 0 Å². The summed E-state index contributed by atoms with van der Waals surface area (Å²) in [6, 6.07) is 4.79. The van der Waals surface area contributed by atoms with Crippen LogP contribution in [0.1, 0.15) is 52.0 Å². The van der Waals surface area contributed by atoms with Crippen molar-refractivity contribution in [1.82, 2.24) is 15.6 Å². The number of nitrogens with zero attached hydrogens (tertiary/aromatic N) is 3. The van der Waals surface area contributed by atoms with E-state index >= 15 is 0 Å². The summed E-state index contributed by atoms with van der Waals surface area (Å²) in [5.41, 5.74) is 1.16. The van der Waals surface area contributed by atoms with E-state index in [-0.39, 0.29) is 30.1 Å². The van der Waals surface area contributed by atoms with Crippen LogP contribution in [0.2, 0.25) is 0 Å². The lowest BCUT2D eigenvalue weighted by Crippen LogP contribution is -2.44.